The van der Waals surface area contributed by atoms with Crippen LogP contribution in [0.3, 0.4) is 0 Å². The number of hydrogen-bond donors (Lipinski definition) is 2. The number of benzene rings is 1. The van der Waals surface area contributed by atoms with Gasteiger partial charge < -0.3 is 10.3 Å². The Morgan fingerprint density at radius 2 is 1.85 bits per heavy atom. The molecule has 3 nitrogen and oxygen atoms in total. The van der Waals surface area contributed by atoms with E-state index in [1.54, 1.807) is 6.92 Å². The van der Waals surface area contributed by atoms with Crippen molar-refractivity contribution < 1.29 is 10.3 Å². The van der Waals surface area contributed by atoms with Crippen molar-refractivity contribution in [2.75, 3.05) is 0 Å². The van der Waals surface area contributed by atoms with Gasteiger partial charge >= 0.3 is 0 Å². The number of oxime groups is 1. The van der Waals surface area contributed by atoms with Crippen LogP contribution in [0.25, 0.3) is 0 Å². The third kappa shape index (κ3) is 1.64. The number of phenolic OH excluding ortho intramolecular Hbond substituents is 1. The van der Waals surface area contributed by atoms with E-state index < -0.39 is 0 Å². The smallest absolute Gasteiger partial charge is 0.122 e. The van der Waals surface area contributed by atoms with Gasteiger partial charge in [0, 0.05) is 11.1 Å². The molecule has 2 N–H and O–H groups in total. The van der Waals surface area contributed by atoms with Crippen molar-refractivity contribution in [2.45, 2.75) is 20.8 Å². The molecule has 1 aromatic rings. The number of hydrogen-bond acceptors (Lipinski definition) is 3. The molecular weight excluding hydrogens is 166 g/mol. The number of phenols is 1. The van der Waals surface area contributed by atoms with E-state index in [1.165, 1.54) is 6.21 Å². The lowest BCUT2D eigenvalue weighted by Gasteiger charge is -2.09. The normalized spacial score (nSPS) is 11.0. The first-order valence-electron chi connectivity index (χ1n) is 4.05. The molecule has 3 heteroatoms. The molecule has 1 aromatic carbocycles. The minimum Gasteiger partial charge on any atom is -0.507 e. The predicted octanol–water partition coefficient (Wildman–Crippen LogP) is 2.13. The molecule has 0 unspecified atom stereocenters. The Labute approximate surface area is 77.3 Å². The average molecular weight is 179 g/mol. The number of aryl methyl sites for hydroxylation is 2. The predicted molar refractivity (Wildman–Crippen MR) is 51.7 cm³/mol. The molecule has 0 spiro atoms. The second-order valence-corrected chi connectivity index (χ2v) is 3.14. The zero-order chi connectivity index (χ0) is 10.0. The molecule has 0 fully saturated rings. The first-order chi connectivity index (χ1) is 6.07. The molecule has 0 atom stereocenters. The fourth-order valence-electron chi connectivity index (χ4n) is 1.45. The maximum absolute atomic E-state index is 9.59. The highest BCUT2D eigenvalue weighted by Crippen LogP contribution is 2.26. The third-order valence-electron chi connectivity index (χ3n) is 2.18. The van der Waals surface area contributed by atoms with Crippen molar-refractivity contribution in [1.82, 2.24) is 0 Å². The summed E-state index contributed by atoms with van der Waals surface area (Å²) in [4.78, 5) is 0. The van der Waals surface area contributed by atoms with E-state index in [4.69, 9.17) is 5.21 Å². The average Bonchev–Trinajstić information content (AvgIpc) is 2.09. The van der Waals surface area contributed by atoms with E-state index in [0.29, 0.717) is 0 Å². The molecule has 0 bridgehead atoms. The molecule has 70 valence electrons. The summed E-state index contributed by atoms with van der Waals surface area (Å²) in [5, 5.41) is 21.0. The van der Waals surface area contributed by atoms with Gasteiger partial charge in [0.1, 0.15) is 5.75 Å². The van der Waals surface area contributed by atoms with Crippen LogP contribution in [0.2, 0.25) is 0 Å². The van der Waals surface area contributed by atoms with Crippen LogP contribution in [-0.2, 0) is 0 Å². The van der Waals surface area contributed by atoms with Crippen LogP contribution in [0, 0.1) is 20.8 Å². The molecule has 0 aliphatic heterocycles. The molecule has 13 heavy (non-hydrogen) atoms. The fraction of sp³-hybridized carbons (Fsp3) is 0.300. The topological polar surface area (TPSA) is 52.8 Å². The highest BCUT2D eigenvalue weighted by molar-refractivity contribution is 5.84. The summed E-state index contributed by atoms with van der Waals surface area (Å²) in [6, 6.07) is 1.86. The molecule has 0 radical (unpaired) electrons. The summed E-state index contributed by atoms with van der Waals surface area (Å²) in [5.41, 5.74) is 3.34. The highest BCUT2D eigenvalue weighted by Gasteiger charge is 2.07. The number of nitrogens with zero attached hydrogens (tertiary/aromatic N) is 1. The van der Waals surface area contributed by atoms with Crippen molar-refractivity contribution >= 4 is 6.21 Å². The van der Waals surface area contributed by atoms with Gasteiger partial charge in [-0.1, -0.05) is 11.2 Å². The van der Waals surface area contributed by atoms with Crippen LogP contribution >= 0.6 is 0 Å². The maximum atomic E-state index is 9.59. The van der Waals surface area contributed by atoms with E-state index in [0.717, 1.165) is 22.3 Å². The zero-order valence-corrected chi connectivity index (χ0v) is 8.00. The van der Waals surface area contributed by atoms with Crippen molar-refractivity contribution in [3.63, 3.8) is 0 Å². The lowest BCUT2D eigenvalue weighted by Crippen LogP contribution is -1.94. The Kier molecular flexibility index (Phi) is 2.56. The van der Waals surface area contributed by atoms with Gasteiger partial charge in [0.2, 0.25) is 0 Å². The monoisotopic (exact) mass is 179 g/mol. The van der Waals surface area contributed by atoms with Crippen LogP contribution in [0.4, 0.5) is 0 Å². The first-order valence-corrected chi connectivity index (χ1v) is 4.05. The van der Waals surface area contributed by atoms with Crippen LogP contribution < -0.4 is 0 Å². The summed E-state index contributed by atoms with van der Waals surface area (Å²) >= 11 is 0. The van der Waals surface area contributed by atoms with Gasteiger partial charge in [-0.05, 0) is 31.9 Å². The first kappa shape index (κ1) is 9.58. The summed E-state index contributed by atoms with van der Waals surface area (Å²) in [6.07, 6.45) is 1.34. The fourth-order valence-corrected chi connectivity index (χ4v) is 1.45. The molecule has 0 aliphatic carbocycles. The highest BCUT2D eigenvalue weighted by atomic mass is 16.4. The Balaban J connectivity index is 3.43. The van der Waals surface area contributed by atoms with Crippen LogP contribution in [0.5, 0.6) is 5.75 Å². The van der Waals surface area contributed by atoms with Gasteiger partial charge in [-0.3, -0.25) is 0 Å². The molecule has 0 amide bonds. The summed E-state index contributed by atoms with van der Waals surface area (Å²) in [7, 11) is 0. The van der Waals surface area contributed by atoms with E-state index >= 15 is 0 Å². The van der Waals surface area contributed by atoms with Gasteiger partial charge in [-0.15, -0.1) is 0 Å². The van der Waals surface area contributed by atoms with Crippen molar-refractivity contribution in [1.29, 1.82) is 0 Å². The quantitative estimate of drug-likeness (QED) is 0.394. The molecule has 0 aromatic heterocycles. The van der Waals surface area contributed by atoms with Gasteiger partial charge in [0.15, 0.2) is 0 Å². The van der Waals surface area contributed by atoms with E-state index in [9.17, 15) is 5.11 Å². The molecule has 1 rings (SSSR count). The Morgan fingerprint density at radius 1 is 1.23 bits per heavy atom. The molecule has 0 saturated carbocycles. The van der Waals surface area contributed by atoms with Crippen LogP contribution in [0.15, 0.2) is 11.2 Å². The van der Waals surface area contributed by atoms with Crippen molar-refractivity contribution in [2.24, 2.45) is 5.16 Å². The molecule has 0 heterocycles. The second-order valence-electron chi connectivity index (χ2n) is 3.14. The van der Waals surface area contributed by atoms with Gasteiger partial charge in [-0.2, -0.15) is 0 Å². The Bertz CT molecular complexity index is 356. The van der Waals surface area contributed by atoms with Gasteiger partial charge in [-0.25, -0.2) is 0 Å². The molecule has 0 aliphatic rings. The second kappa shape index (κ2) is 3.47. The zero-order valence-electron chi connectivity index (χ0n) is 8.00. The minimum absolute atomic E-state index is 0.264. The summed E-state index contributed by atoms with van der Waals surface area (Å²) < 4.78 is 0. The lowest BCUT2D eigenvalue weighted by molar-refractivity contribution is 0.322. The summed E-state index contributed by atoms with van der Waals surface area (Å²) in [5.74, 6) is 0.264. The number of rotatable bonds is 1. The Hall–Kier alpha value is -1.51. The van der Waals surface area contributed by atoms with E-state index in [1.807, 2.05) is 19.9 Å². The SMILES string of the molecule is Cc1cc(C)c(/C=N/O)c(C)c1O. The van der Waals surface area contributed by atoms with E-state index in [-0.39, 0.29) is 5.75 Å². The standard InChI is InChI=1S/C10H13NO2/c1-6-4-7(2)10(12)8(3)9(6)5-11-13/h4-5,12-13H,1-3H3/b11-5+. The molecular formula is C10H13NO2. The maximum Gasteiger partial charge on any atom is 0.122 e. The molecule has 0 saturated heterocycles. The third-order valence-corrected chi connectivity index (χ3v) is 2.18. The van der Waals surface area contributed by atoms with Crippen molar-refractivity contribution in [3.8, 4) is 5.75 Å². The van der Waals surface area contributed by atoms with Crippen molar-refractivity contribution in [3.05, 3.63) is 28.3 Å². The lowest BCUT2D eigenvalue weighted by atomic mass is 9.99. The van der Waals surface area contributed by atoms with E-state index in [2.05, 4.69) is 5.16 Å². The van der Waals surface area contributed by atoms with Gasteiger partial charge in [0.25, 0.3) is 0 Å². The van der Waals surface area contributed by atoms with Crippen LogP contribution in [0.1, 0.15) is 22.3 Å². The van der Waals surface area contributed by atoms with Gasteiger partial charge in [0.05, 0.1) is 6.21 Å². The minimum atomic E-state index is 0.264. The summed E-state index contributed by atoms with van der Waals surface area (Å²) in [6.45, 7) is 5.55. The Morgan fingerprint density at radius 3 is 2.38 bits per heavy atom. The van der Waals surface area contributed by atoms with Crippen LogP contribution in [-0.4, -0.2) is 16.5 Å². The largest absolute Gasteiger partial charge is 0.507 e. The number of aromatic hydroxyl groups is 1.